The van der Waals surface area contributed by atoms with Gasteiger partial charge < -0.3 is 5.32 Å². The molecular formula is C21H15ClF6N4O. The van der Waals surface area contributed by atoms with Crippen LogP contribution in [-0.4, -0.2) is 21.9 Å². The van der Waals surface area contributed by atoms with E-state index in [9.17, 15) is 31.1 Å². The van der Waals surface area contributed by atoms with Gasteiger partial charge in [-0.3, -0.25) is 9.89 Å². The van der Waals surface area contributed by atoms with Crippen LogP contribution >= 0.6 is 11.6 Å². The molecule has 1 heterocycles. The van der Waals surface area contributed by atoms with Crippen molar-refractivity contribution in [2.45, 2.75) is 25.7 Å². The number of carbonyl (C=O) groups is 1. The molecule has 0 saturated heterocycles. The second-order valence-electron chi connectivity index (χ2n) is 6.92. The average molecular weight is 489 g/mol. The molecule has 0 fully saturated rings. The second kappa shape index (κ2) is 9.26. The largest absolute Gasteiger partial charge is 0.435 e. The highest BCUT2D eigenvalue weighted by molar-refractivity contribution is 6.30. The normalized spacial score (nSPS) is 12.7. The number of amidine groups is 1. The number of aromatic nitrogens is 2. The van der Waals surface area contributed by atoms with Gasteiger partial charge in [-0.05, 0) is 49.4 Å². The molecule has 0 aliphatic heterocycles. The van der Waals surface area contributed by atoms with E-state index < -0.39 is 29.5 Å². The maximum atomic E-state index is 13.1. The molecule has 2 N–H and O–H groups in total. The molecular weight excluding hydrogens is 474 g/mol. The number of rotatable bonds is 4. The molecule has 0 atom stereocenters. The summed E-state index contributed by atoms with van der Waals surface area (Å²) in [6.45, 7) is 1.19. The molecule has 3 rings (SSSR count). The number of H-pyrrole nitrogens is 1. The zero-order valence-electron chi connectivity index (χ0n) is 16.8. The maximum Gasteiger partial charge on any atom is 0.435 e. The number of halogens is 7. The summed E-state index contributed by atoms with van der Waals surface area (Å²) >= 11 is 5.79. The molecule has 0 saturated carbocycles. The third kappa shape index (κ3) is 6.13. The Morgan fingerprint density at radius 2 is 1.73 bits per heavy atom. The highest BCUT2D eigenvalue weighted by Gasteiger charge is 2.36. The van der Waals surface area contributed by atoms with Crippen molar-refractivity contribution < 1.29 is 31.1 Å². The minimum Gasteiger partial charge on any atom is -0.310 e. The lowest BCUT2D eigenvalue weighted by molar-refractivity contribution is -0.141. The van der Waals surface area contributed by atoms with Gasteiger partial charge in [0, 0.05) is 28.3 Å². The van der Waals surface area contributed by atoms with E-state index in [1.165, 1.54) is 37.3 Å². The van der Waals surface area contributed by atoms with Gasteiger partial charge in [-0.2, -0.15) is 31.4 Å². The lowest BCUT2D eigenvalue weighted by Crippen LogP contribution is -2.32. The van der Waals surface area contributed by atoms with Crippen molar-refractivity contribution in [1.82, 2.24) is 15.5 Å². The zero-order chi connectivity index (χ0) is 24.4. The van der Waals surface area contributed by atoms with E-state index in [0.717, 1.165) is 18.2 Å². The van der Waals surface area contributed by atoms with Crippen LogP contribution in [0.4, 0.5) is 32.0 Å². The van der Waals surface area contributed by atoms with E-state index in [1.807, 2.05) is 0 Å². The number of hydrogen-bond donors (Lipinski definition) is 2. The van der Waals surface area contributed by atoms with Crippen LogP contribution in [0.15, 0.2) is 53.5 Å². The van der Waals surface area contributed by atoms with Crippen LogP contribution in [0.5, 0.6) is 0 Å². The van der Waals surface area contributed by atoms with Crippen molar-refractivity contribution in [1.29, 1.82) is 0 Å². The van der Waals surface area contributed by atoms with E-state index in [0.29, 0.717) is 5.02 Å². The number of benzene rings is 2. The second-order valence-corrected chi connectivity index (χ2v) is 7.35. The SMILES string of the molecule is Cc1c(C(F)(F)F)n[nH]c1CC(=Nc1cccc(C(F)(F)F)c1)NC(=O)c1ccc(Cl)cc1. The summed E-state index contributed by atoms with van der Waals surface area (Å²) in [4.78, 5) is 16.7. The van der Waals surface area contributed by atoms with Crippen LogP contribution < -0.4 is 5.32 Å². The summed E-state index contributed by atoms with van der Waals surface area (Å²) in [5, 5.41) is 8.33. The maximum absolute atomic E-state index is 13.1. The minimum atomic E-state index is -4.70. The number of aliphatic imine (C=N–C) groups is 1. The lowest BCUT2D eigenvalue weighted by atomic mass is 10.1. The summed E-state index contributed by atoms with van der Waals surface area (Å²) in [6, 6.07) is 9.72. The van der Waals surface area contributed by atoms with Gasteiger partial charge in [-0.25, -0.2) is 4.99 Å². The molecule has 0 aliphatic rings. The summed E-state index contributed by atoms with van der Waals surface area (Å²) in [5.74, 6) is -0.861. The predicted octanol–water partition coefficient (Wildman–Crippen LogP) is 6.11. The summed E-state index contributed by atoms with van der Waals surface area (Å²) in [6.07, 6.45) is -9.69. The van der Waals surface area contributed by atoms with Crippen molar-refractivity contribution in [2.24, 2.45) is 4.99 Å². The standard InChI is InChI=1S/C21H15ClF6N4O/c1-11-16(31-32-18(11)21(26,27)28)10-17(30-19(33)12-5-7-14(22)8-6-12)29-15-4-2-3-13(9-15)20(23,24)25/h2-9H,10H2,1H3,(H,31,32)(H,29,30,33). The van der Waals surface area contributed by atoms with Crippen LogP contribution in [0, 0.1) is 6.92 Å². The minimum absolute atomic E-state index is 0.00976. The third-order valence-corrected chi connectivity index (χ3v) is 4.78. The van der Waals surface area contributed by atoms with Crippen molar-refractivity contribution in [3.8, 4) is 0 Å². The topological polar surface area (TPSA) is 70.1 Å². The first-order valence-electron chi connectivity index (χ1n) is 9.27. The number of carbonyl (C=O) groups excluding carboxylic acids is 1. The number of aromatic amines is 1. The number of alkyl halides is 6. The number of nitrogens with one attached hydrogen (secondary N) is 2. The molecule has 5 nitrogen and oxygen atoms in total. The Balaban J connectivity index is 1.98. The number of hydrogen-bond acceptors (Lipinski definition) is 3. The summed E-state index contributed by atoms with van der Waals surface area (Å²) < 4.78 is 78.3. The highest BCUT2D eigenvalue weighted by atomic mass is 35.5. The molecule has 2 aromatic carbocycles. The Morgan fingerprint density at radius 3 is 2.30 bits per heavy atom. The van der Waals surface area contributed by atoms with Crippen LogP contribution in [0.3, 0.4) is 0 Å². The Labute approximate surface area is 188 Å². The molecule has 0 aliphatic carbocycles. The van der Waals surface area contributed by atoms with Crippen LogP contribution in [0.1, 0.15) is 32.9 Å². The predicted molar refractivity (Wildman–Crippen MR) is 109 cm³/mol. The van der Waals surface area contributed by atoms with E-state index in [4.69, 9.17) is 11.6 Å². The highest BCUT2D eigenvalue weighted by Crippen LogP contribution is 2.32. The smallest absolute Gasteiger partial charge is 0.310 e. The Kier molecular flexibility index (Phi) is 6.82. The fraction of sp³-hybridized carbons (Fsp3) is 0.190. The molecule has 0 bridgehead atoms. The fourth-order valence-electron chi connectivity index (χ4n) is 2.87. The van der Waals surface area contributed by atoms with Gasteiger partial charge in [0.1, 0.15) is 5.84 Å². The van der Waals surface area contributed by atoms with Gasteiger partial charge in [-0.15, -0.1) is 0 Å². The molecule has 0 radical (unpaired) electrons. The van der Waals surface area contributed by atoms with Gasteiger partial charge in [0.15, 0.2) is 5.69 Å². The molecule has 12 heteroatoms. The molecule has 3 aromatic rings. The lowest BCUT2D eigenvalue weighted by Gasteiger charge is -2.11. The molecule has 0 spiro atoms. The van der Waals surface area contributed by atoms with Gasteiger partial charge in [0.05, 0.1) is 11.3 Å². The fourth-order valence-corrected chi connectivity index (χ4v) is 3.00. The molecule has 174 valence electrons. The van der Waals surface area contributed by atoms with Crippen LogP contribution in [-0.2, 0) is 18.8 Å². The van der Waals surface area contributed by atoms with E-state index in [1.54, 1.807) is 0 Å². The zero-order valence-corrected chi connectivity index (χ0v) is 17.5. The van der Waals surface area contributed by atoms with Crippen molar-refractivity contribution in [3.63, 3.8) is 0 Å². The van der Waals surface area contributed by atoms with Gasteiger partial charge in [0.2, 0.25) is 0 Å². The third-order valence-electron chi connectivity index (χ3n) is 4.53. The molecule has 33 heavy (non-hydrogen) atoms. The van der Waals surface area contributed by atoms with Gasteiger partial charge >= 0.3 is 12.4 Å². The van der Waals surface area contributed by atoms with Crippen molar-refractivity contribution in [2.75, 3.05) is 0 Å². The van der Waals surface area contributed by atoms with Gasteiger partial charge in [-0.1, -0.05) is 17.7 Å². The number of amides is 1. The van der Waals surface area contributed by atoms with Crippen molar-refractivity contribution in [3.05, 3.63) is 81.6 Å². The van der Waals surface area contributed by atoms with E-state index >= 15 is 0 Å². The quantitative estimate of drug-likeness (QED) is 0.264. The molecule has 0 unspecified atom stereocenters. The van der Waals surface area contributed by atoms with E-state index in [2.05, 4.69) is 20.5 Å². The number of nitrogens with zero attached hydrogens (tertiary/aromatic N) is 2. The Bertz CT molecular complexity index is 1180. The van der Waals surface area contributed by atoms with Crippen LogP contribution in [0.25, 0.3) is 0 Å². The Morgan fingerprint density at radius 1 is 1.06 bits per heavy atom. The first-order valence-corrected chi connectivity index (χ1v) is 9.65. The van der Waals surface area contributed by atoms with E-state index in [-0.39, 0.29) is 34.8 Å². The molecule has 1 amide bonds. The van der Waals surface area contributed by atoms with Crippen LogP contribution in [0.2, 0.25) is 5.02 Å². The average Bonchev–Trinajstić information content (AvgIpc) is 3.08. The first-order chi connectivity index (χ1) is 15.3. The first kappa shape index (κ1) is 24.3. The van der Waals surface area contributed by atoms with Gasteiger partial charge in [0.25, 0.3) is 5.91 Å². The summed E-state index contributed by atoms with van der Waals surface area (Å²) in [7, 11) is 0. The molecule has 1 aromatic heterocycles. The Hall–Kier alpha value is -3.34. The summed E-state index contributed by atoms with van der Waals surface area (Å²) in [5.41, 5.74) is -2.33. The monoisotopic (exact) mass is 488 g/mol. The van der Waals surface area contributed by atoms with Crippen molar-refractivity contribution >= 4 is 29.0 Å².